The normalized spacial score (nSPS) is 26.6. The molecule has 3 rings (SSSR count). The molecule has 2 N–H and O–H groups in total. The Morgan fingerprint density at radius 1 is 1.27 bits per heavy atom. The second-order valence-electron chi connectivity index (χ2n) is 6.56. The molecular formula is C17H26N4O. The highest BCUT2D eigenvalue weighted by Crippen LogP contribution is 2.30. The zero-order valence-electron chi connectivity index (χ0n) is 13.7. The summed E-state index contributed by atoms with van der Waals surface area (Å²) in [4.78, 5) is 7.34. The van der Waals surface area contributed by atoms with Gasteiger partial charge in [0.15, 0.2) is 0 Å². The smallest absolute Gasteiger partial charge is 0.129 e. The van der Waals surface area contributed by atoms with Gasteiger partial charge in [0, 0.05) is 12.3 Å². The Kier molecular flexibility index (Phi) is 4.36. The minimum absolute atomic E-state index is 0.178. The van der Waals surface area contributed by atoms with Crippen LogP contribution in [0.15, 0.2) is 29.3 Å². The number of piperidine rings is 1. The highest BCUT2D eigenvalue weighted by molar-refractivity contribution is 5.85. The summed E-state index contributed by atoms with van der Waals surface area (Å²) in [5, 5.41) is 0. The monoisotopic (exact) mass is 302 g/mol. The Morgan fingerprint density at radius 3 is 2.59 bits per heavy atom. The van der Waals surface area contributed by atoms with Gasteiger partial charge in [-0.3, -0.25) is 0 Å². The Labute approximate surface area is 132 Å². The number of benzene rings is 1. The van der Waals surface area contributed by atoms with Crippen LogP contribution in [0, 0.1) is 5.92 Å². The largest absolute Gasteiger partial charge is 0.497 e. The van der Waals surface area contributed by atoms with Gasteiger partial charge < -0.3 is 15.1 Å². The van der Waals surface area contributed by atoms with Crippen LogP contribution in [0.2, 0.25) is 0 Å². The van der Waals surface area contributed by atoms with Crippen molar-refractivity contribution in [3.63, 3.8) is 0 Å². The second kappa shape index (κ2) is 6.26. The van der Waals surface area contributed by atoms with Gasteiger partial charge in [-0.05, 0) is 57.6 Å². The van der Waals surface area contributed by atoms with Crippen LogP contribution in [-0.4, -0.2) is 43.6 Å². The topological polar surface area (TPSA) is 48.9 Å². The van der Waals surface area contributed by atoms with E-state index in [-0.39, 0.29) is 5.66 Å². The van der Waals surface area contributed by atoms with Crippen molar-refractivity contribution in [2.24, 2.45) is 10.9 Å². The SMILES string of the molecule is COc1ccc(CC2=NC(C)(C3CCN(C)CC3)NN2)cc1. The van der Waals surface area contributed by atoms with E-state index in [1.165, 1.54) is 18.4 Å². The molecule has 22 heavy (non-hydrogen) atoms. The molecule has 2 aliphatic rings. The molecule has 1 aromatic carbocycles. The Morgan fingerprint density at radius 2 is 1.95 bits per heavy atom. The zero-order chi connectivity index (χ0) is 15.6. The van der Waals surface area contributed by atoms with Crippen molar-refractivity contribution in [3.8, 4) is 5.75 Å². The number of nitrogens with one attached hydrogen (secondary N) is 2. The predicted molar refractivity (Wildman–Crippen MR) is 89.0 cm³/mol. The van der Waals surface area contributed by atoms with E-state index in [9.17, 15) is 0 Å². The Bertz CT molecular complexity index is 534. The van der Waals surface area contributed by atoms with Crippen molar-refractivity contribution in [1.29, 1.82) is 0 Å². The van der Waals surface area contributed by atoms with Gasteiger partial charge in [-0.15, -0.1) is 0 Å². The lowest BCUT2D eigenvalue weighted by atomic mass is 9.86. The third-order valence-electron chi connectivity index (χ3n) is 4.87. The summed E-state index contributed by atoms with van der Waals surface area (Å²) in [6, 6.07) is 8.17. The fourth-order valence-corrected chi connectivity index (χ4v) is 3.32. The first-order chi connectivity index (χ1) is 10.6. The summed E-state index contributed by atoms with van der Waals surface area (Å²) in [6.07, 6.45) is 3.21. The molecule has 2 aliphatic heterocycles. The maximum absolute atomic E-state index is 5.20. The summed E-state index contributed by atoms with van der Waals surface area (Å²) in [6.45, 7) is 4.52. The maximum Gasteiger partial charge on any atom is 0.129 e. The Balaban J connectivity index is 1.65. The second-order valence-corrected chi connectivity index (χ2v) is 6.56. The number of hydrazine groups is 1. The standard InChI is InChI=1S/C17H26N4O/c1-17(14-8-10-21(2)11-9-14)18-16(19-20-17)12-13-4-6-15(22-3)7-5-13/h4-7,14,20H,8-12H2,1-3H3,(H,18,19). The molecule has 0 saturated carbocycles. The zero-order valence-corrected chi connectivity index (χ0v) is 13.7. The van der Waals surface area contributed by atoms with E-state index in [2.05, 4.69) is 41.9 Å². The average Bonchev–Trinajstić information content (AvgIpc) is 2.91. The van der Waals surface area contributed by atoms with E-state index in [1.54, 1.807) is 7.11 Å². The lowest BCUT2D eigenvalue weighted by Crippen LogP contribution is -2.51. The third-order valence-corrected chi connectivity index (χ3v) is 4.87. The lowest BCUT2D eigenvalue weighted by Gasteiger charge is -2.37. The van der Waals surface area contributed by atoms with Gasteiger partial charge in [-0.1, -0.05) is 12.1 Å². The van der Waals surface area contributed by atoms with Gasteiger partial charge in [0.2, 0.25) is 0 Å². The average molecular weight is 302 g/mol. The van der Waals surface area contributed by atoms with E-state index >= 15 is 0 Å². The molecule has 0 radical (unpaired) electrons. The number of hydrogen-bond donors (Lipinski definition) is 2. The van der Waals surface area contributed by atoms with Crippen LogP contribution in [0.25, 0.3) is 0 Å². The fraction of sp³-hybridized carbons (Fsp3) is 0.588. The molecule has 0 aromatic heterocycles. The summed E-state index contributed by atoms with van der Waals surface area (Å²) in [5.41, 5.74) is 7.76. The molecule has 1 unspecified atom stereocenters. The quantitative estimate of drug-likeness (QED) is 0.890. The number of ether oxygens (including phenoxy) is 1. The lowest BCUT2D eigenvalue weighted by molar-refractivity contribution is 0.139. The molecule has 1 saturated heterocycles. The van der Waals surface area contributed by atoms with Crippen molar-refractivity contribution in [3.05, 3.63) is 29.8 Å². The van der Waals surface area contributed by atoms with Gasteiger partial charge >= 0.3 is 0 Å². The van der Waals surface area contributed by atoms with Gasteiger partial charge in [0.05, 0.1) is 7.11 Å². The van der Waals surface area contributed by atoms with Crippen molar-refractivity contribution in [2.75, 3.05) is 27.2 Å². The van der Waals surface area contributed by atoms with Gasteiger partial charge in [0.1, 0.15) is 17.2 Å². The molecule has 0 aliphatic carbocycles. The summed E-state index contributed by atoms with van der Waals surface area (Å²) < 4.78 is 5.20. The molecule has 0 spiro atoms. The van der Waals surface area contributed by atoms with Crippen molar-refractivity contribution < 1.29 is 4.74 Å². The maximum atomic E-state index is 5.20. The van der Waals surface area contributed by atoms with Crippen LogP contribution in [-0.2, 0) is 6.42 Å². The van der Waals surface area contributed by atoms with E-state index in [0.717, 1.165) is 31.1 Å². The molecule has 1 aromatic rings. The summed E-state index contributed by atoms with van der Waals surface area (Å²) in [7, 11) is 3.88. The number of nitrogens with zero attached hydrogens (tertiary/aromatic N) is 2. The highest BCUT2D eigenvalue weighted by Gasteiger charge is 2.38. The minimum Gasteiger partial charge on any atom is -0.497 e. The van der Waals surface area contributed by atoms with Crippen LogP contribution in [0.5, 0.6) is 5.75 Å². The van der Waals surface area contributed by atoms with Crippen LogP contribution < -0.4 is 15.6 Å². The van der Waals surface area contributed by atoms with Gasteiger partial charge in [-0.25, -0.2) is 10.4 Å². The van der Waals surface area contributed by atoms with Crippen molar-refractivity contribution in [2.45, 2.75) is 31.8 Å². The molecule has 0 bridgehead atoms. The van der Waals surface area contributed by atoms with E-state index < -0.39 is 0 Å². The van der Waals surface area contributed by atoms with Crippen molar-refractivity contribution >= 4 is 5.84 Å². The number of hydrogen-bond acceptors (Lipinski definition) is 5. The van der Waals surface area contributed by atoms with Gasteiger partial charge in [0.25, 0.3) is 0 Å². The summed E-state index contributed by atoms with van der Waals surface area (Å²) >= 11 is 0. The van der Waals surface area contributed by atoms with Crippen LogP contribution in [0.1, 0.15) is 25.3 Å². The molecule has 5 heteroatoms. The van der Waals surface area contributed by atoms with Gasteiger partial charge in [-0.2, -0.15) is 0 Å². The number of likely N-dealkylation sites (tertiary alicyclic amines) is 1. The molecule has 2 heterocycles. The Hall–Kier alpha value is -1.59. The highest BCUT2D eigenvalue weighted by atomic mass is 16.5. The number of rotatable bonds is 4. The first-order valence-electron chi connectivity index (χ1n) is 8.02. The molecule has 0 amide bonds. The van der Waals surface area contributed by atoms with E-state index in [1.807, 2.05) is 12.1 Å². The first-order valence-corrected chi connectivity index (χ1v) is 8.02. The molecule has 1 fully saturated rings. The number of methoxy groups -OCH3 is 1. The first kappa shape index (κ1) is 15.3. The molecule has 1 atom stereocenters. The van der Waals surface area contributed by atoms with E-state index in [0.29, 0.717) is 5.92 Å². The predicted octanol–water partition coefficient (Wildman–Crippen LogP) is 1.80. The minimum atomic E-state index is -0.178. The number of amidine groups is 1. The molecule has 120 valence electrons. The number of aliphatic imine (C=N–C) groups is 1. The molecular weight excluding hydrogens is 276 g/mol. The fourth-order valence-electron chi connectivity index (χ4n) is 3.32. The van der Waals surface area contributed by atoms with Crippen LogP contribution in [0.4, 0.5) is 0 Å². The summed E-state index contributed by atoms with van der Waals surface area (Å²) in [5.74, 6) is 2.50. The third kappa shape index (κ3) is 3.25. The molecule has 5 nitrogen and oxygen atoms in total. The van der Waals surface area contributed by atoms with Crippen molar-refractivity contribution in [1.82, 2.24) is 15.8 Å². The van der Waals surface area contributed by atoms with Crippen LogP contribution in [0.3, 0.4) is 0 Å². The van der Waals surface area contributed by atoms with Crippen LogP contribution >= 0.6 is 0 Å². The van der Waals surface area contributed by atoms with E-state index in [4.69, 9.17) is 9.73 Å².